The third kappa shape index (κ3) is 9.24. The molecule has 8 rings (SSSR count). The van der Waals surface area contributed by atoms with E-state index in [0.717, 1.165) is 30.3 Å². The van der Waals surface area contributed by atoms with Gasteiger partial charge in [-0.05, 0) is 10.8 Å². The molecule has 0 nitrogen and oxygen atoms in total. The van der Waals surface area contributed by atoms with Crippen molar-refractivity contribution in [2.45, 2.75) is 58.8 Å². The average Bonchev–Trinajstić information content (AvgIpc) is 3.79. The fourth-order valence-corrected chi connectivity index (χ4v) is 7.25. The van der Waals surface area contributed by atoms with Gasteiger partial charge in [-0.1, -0.05) is 76.9 Å². The molecule has 252 valence electrons. The fraction of sp³-hybridized carbons (Fsp3) is 0.191. The minimum atomic E-state index is 0. The Hall–Kier alpha value is -3.49. The zero-order valence-electron chi connectivity index (χ0n) is 29.8. The molecule has 0 fully saturated rings. The predicted octanol–water partition coefficient (Wildman–Crippen LogP) is 6.73. The number of halogens is 2. The quantitative estimate of drug-likeness (QED) is 0.134. The van der Waals surface area contributed by atoms with Crippen LogP contribution in [0.15, 0.2) is 146 Å². The molecular formula is C47H44Cl2Hf-2. The first kappa shape index (κ1) is 39.3. The van der Waals surface area contributed by atoms with Gasteiger partial charge in [-0.3, -0.25) is 6.08 Å². The summed E-state index contributed by atoms with van der Waals surface area (Å²) < 4.78 is 1.46. The van der Waals surface area contributed by atoms with Crippen LogP contribution in [-0.4, -0.2) is 3.26 Å². The molecule has 0 unspecified atom stereocenters. The van der Waals surface area contributed by atoms with E-state index in [1.54, 1.807) is 0 Å². The van der Waals surface area contributed by atoms with Crippen molar-refractivity contribution in [1.82, 2.24) is 0 Å². The number of hydrogen-bond donors (Lipinski definition) is 0. The molecule has 7 aromatic rings. The first-order chi connectivity index (χ1) is 23.0. The number of benzene rings is 6. The number of fused-ring (bicyclic) bond motifs is 5. The molecule has 0 amide bonds. The molecule has 0 aliphatic heterocycles. The van der Waals surface area contributed by atoms with E-state index in [-0.39, 0.29) is 35.6 Å². The topological polar surface area (TPSA) is 0 Å². The van der Waals surface area contributed by atoms with Crippen molar-refractivity contribution >= 4 is 46.3 Å². The van der Waals surface area contributed by atoms with Crippen LogP contribution in [0.2, 0.25) is 0 Å². The number of rotatable bonds is 2. The molecule has 0 aromatic heterocycles. The molecular weight excluding hydrogens is 814 g/mol. The maximum absolute atomic E-state index is 2.99. The van der Waals surface area contributed by atoms with Gasteiger partial charge in [0.05, 0.1) is 0 Å². The Morgan fingerprint density at radius 2 is 1.00 bits per heavy atom. The van der Waals surface area contributed by atoms with Gasteiger partial charge >= 0.3 is 145 Å². The van der Waals surface area contributed by atoms with Crippen LogP contribution in [0.4, 0.5) is 0 Å². The predicted molar refractivity (Wildman–Crippen MR) is 207 cm³/mol. The Labute approximate surface area is 325 Å². The molecule has 0 spiro atoms. The summed E-state index contributed by atoms with van der Waals surface area (Å²) in [6.07, 6.45) is 10.0. The Morgan fingerprint density at radius 3 is 1.36 bits per heavy atom. The Bertz CT molecular complexity index is 2150. The summed E-state index contributed by atoms with van der Waals surface area (Å²) in [4.78, 5) is 0. The fourth-order valence-electron chi connectivity index (χ4n) is 6.13. The molecule has 0 saturated heterocycles. The summed E-state index contributed by atoms with van der Waals surface area (Å²) in [5.41, 5.74) is 5.90. The maximum atomic E-state index is 2.99. The molecule has 0 bridgehead atoms. The molecule has 1 aliphatic carbocycles. The van der Waals surface area contributed by atoms with Crippen molar-refractivity contribution < 1.29 is 48.7 Å². The van der Waals surface area contributed by atoms with Crippen LogP contribution < -0.4 is 24.8 Å². The molecule has 0 saturated carbocycles. The molecule has 1 aliphatic rings. The second-order valence-electron chi connectivity index (χ2n) is 14.8. The van der Waals surface area contributed by atoms with Crippen LogP contribution in [0.1, 0.15) is 70.2 Å². The molecule has 0 N–H and O–H groups in total. The van der Waals surface area contributed by atoms with E-state index < -0.39 is 0 Å². The normalized spacial score (nSPS) is 12.2. The van der Waals surface area contributed by atoms with Crippen molar-refractivity contribution in [3.63, 3.8) is 0 Å². The van der Waals surface area contributed by atoms with Crippen LogP contribution in [-0.2, 0) is 34.7 Å². The van der Waals surface area contributed by atoms with Crippen molar-refractivity contribution in [3.05, 3.63) is 174 Å². The van der Waals surface area contributed by atoms with E-state index in [1.165, 1.54) is 68.6 Å². The molecule has 7 aromatic carbocycles. The van der Waals surface area contributed by atoms with Crippen LogP contribution in [0.25, 0.3) is 43.1 Å². The average molecular weight is 858 g/mol. The van der Waals surface area contributed by atoms with Crippen molar-refractivity contribution in [2.24, 2.45) is 0 Å². The first-order valence-corrected chi connectivity index (χ1v) is 18.7. The molecule has 3 heteroatoms. The third-order valence-corrected chi connectivity index (χ3v) is 11.2. The summed E-state index contributed by atoms with van der Waals surface area (Å²) in [6, 6.07) is 46.8. The standard InChI is InChI=1S/C21H14.C21H25.C5H5.2ClH.Hf/c1-3-7-20-14-16(9-11-18(20)5-1)13-17-10-12-19-6-2-4-8-21(19)15-17;1-20(2,3)16-9-7-14-11-15-8-10-17(21(4,5)6)13-19(15)18(14)12-16;1-2-4-5-3-1;;;/h1-12,14-15H;7-13H,1-6H3;1-3H,4H2;2*1H;/q;2*-1;;;+2/p-2. The molecule has 0 atom stereocenters. The van der Waals surface area contributed by atoms with E-state index in [9.17, 15) is 0 Å². The van der Waals surface area contributed by atoms with Crippen molar-refractivity contribution in [1.29, 1.82) is 0 Å². The van der Waals surface area contributed by atoms with Gasteiger partial charge in [0.1, 0.15) is 0 Å². The van der Waals surface area contributed by atoms with E-state index in [2.05, 4.69) is 181 Å². The monoisotopic (exact) mass is 858 g/mol. The van der Waals surface area contributed by atoms with Gasteiger partial charge in [-0.15, -0.1) is 46.2 Å². The van der Waals surface area contributed by atoms with Gasteiger partial charge in [0.2, 0.25) is 0 Å². The second-order valence-corrected chi connectivity index (χ2v) is 16.5. The number of hydrogen-bond acceptors (Lipinski definition) is 0. The second kappa shape index (κ2) is 16.7. The van der Waals surface area contributed by atoms with Gasteiger partial charge in [-0.25, -0.2) is 12.2 Å². The van der Waals surface area contributed by atoms with Crippen molar-refractivity contribution in [3.8, 4) is 0 Å². The van der Waals surface area contributed by atoms with Crippen LogP contribution >= 0.6 is 0 Å². The van der Waals surface area contributed by atoms with Gasteiger partial charge in [-0.2, -0.15) is 6.08 Å². The van der Waals surface area contributed by atoms with Gasteiger partial charge in [0, 0.05) is 0 Å². The summed E-state index contributed by atoms with van der Waals surface area (Å²) >= 11 is 1.03. The summed E-state index contributed by atoms with van der Waals surface area (Å²) in [6.45, 7) is 13.7. The van der Waals surface area contributed by atoms with Gasteiger partial charge in [0.25, 0.3) is 0 Å². The molecule has 50 heavy (non-hydrogen) atoms. The van der Waals surface area contributed by atoms with Gasteiger partial charge < -0.3 is 24.8 Å². The van der Waals surface area contributed by atoms with Crippen LogP contribution in [0.5, 0.6) is 0 Å². The number of allylic oxidation sites excluding steroid dienone is 4. The molecule has 0 radical (unpaired) electrons. The zero-order valence-corrected chi connectivity index (χ0v) is 34.9. The summed E-state index contributed by atoms with van der Waals surface area (Å²) in [5.74, 6) is 0. The van der Waals surface area contributed by atoms with E-state index in [0.29, 0.717) is 0 Å². The van der Waals surface area contributed by atoms with Crippen LogP contribution in [0, 0.1) is 6.08 Å². The Kier molecular flexibility index (Phi) is 13.1. The van der Waals surface area contributed by atoms with E-state index in [1.807, 2.05) is 12.2 Å². The van der Waals surface area contributed by atoms with E-state index in [4.69, 9.17) is 0 Å². The van der Waals surface area contributed by atoms with Crippen LogP contribution in [0.3, 0.4) is 0 Å². The Morgan fingerprint density at radius 1 is 0.560 bits per heavy atom. The summed E-state index contributed by atoms with van der Waals surface area (Å²) in [5, 5.41) is 10.7. The SMILES string of the molecule is CC(C)(C)c1ccc2[cH-]c3ccc(C(C)(C)C)cc3c2c1.[C-]1=CC=CC1.[Cl-].[Cl-].[Hf+2]=[C](c1ccc2ccccc2c1)c1ccc2ccccc2c1. The zero-order chi connectivity index (χ0) is 33.9. The Balaban J connectivity index is 0.000000190. The third-order valence-electron chi connectivity index (χ3n) is 9.10. The minimum absolute atomic E-state index is 0. The van der Waals surface area contributed by atoms with Gasteiger partial charge in [0.15, 0.2) is 0 Å². The summed E-state index contributed by atoms with van der Waals surface area (Å²) in [7, 11) is 0. The van der Waals surface area contributed by atoms with E-state index >= 15 is 0 Å². The first-order valence-electron chi connectivity index (χ1n) is 16.9. The molecule has 0 heterocycles. The van der Waals surface area contributed by atoms with Crippen molar-refractivity contribution in [2.75, 3.05) is 0 Å².